The molecule has 0 unspecified atom stereocenters. The number of thioether (sulfide) groups is 1. The van der Waals surface area contributed by atoms with Crippen molar-refractivity contribution in [3.05, 3.63) is 59.6 Å². The highest BCUT2D eigenvalue weighted by atomic mass is 35.5. The van der Waals surface area contributed by atoms with E-state index in [9.17, 15) is 9.59 Å². The number of ether oxygens (including phenoxy) is 1. The third-order valence-corrected chi connectivity index (χ3v) is 6.02. The minimum atomic E-state index is -0.133. The van der Waals surface area contributed by atoms with Crippen LogP contribution in [0.15, 0.2) is 59.5 Å². The molecule has 29 heavy (non-hydrogen) atoms. The number of nitrogens with one attached hydrogen (secondary N) is 2. The molecule has 0 aromatic heterocycles. The molecule has 5 nitrogen and oxygen atoms in total. The summed E-state index contributed by atoms with van der Waals surface area (Å²) in [4.78, 5) is 25.3. The van der Waals surface area contributed by atoms with Crippen LogP contribution in [0.4, 0.5) is 0 Å². The van der Waals surface area contributed by atoms with Crippen molar-refractivity contribution in [1.82, 2.24) is 10.6 Å². The Balaban J connectivity index is 1.30. The summed E-state index contributed by atoms with van der Waals surface area (Å²) >= 11 is 7.37. The first-order chi connectivity index (χ1) is 14.1. The third-order valence-electron chi connectivity index (χ3n) is 4.75. The summed E-state index contributed by atoms with van der Waals surface area (Å²) in [7, 11) is 0. The van der Waals surface area contributed by atoms with Crippen molar-refractivity contribution < 1.29 is 14.3 Å². The fraction of sp³-hybridized carbons (Fsp3) is 0.364. The molecule has 1 fully saturated rings. The van der Waals surface area contributed by atoms with Crippen LogP contribution in [0.3, 0.4) is 0 Å². The molecule has 2 aromatic carbocycles. The summed E-state index contributed by atoms with van der Waals surface area (Å²) in [5.41, 5.74) is 0. The van der Waals surface area contributed by atoms with Crippen LogP contribution in [-0.2, 0) is 9.59 Å². The number of hydrogen-bond donors (Lipinski definition) is 2. The molecule has 1 aliphatic carbocycles. The Morgan fingerprint density at radius 2 is 1.48 bits per heavy atom. The van der Waals surface area contributed by atoms with E-state index in [-0.39, 0.29) is 30.5 Å². The topological polar surface area (TPSA) is 67.4 Å². The van der Waals surface area contributed by atoms with Crippen LogP contribution in [0.5, 0.6) is 5.75 Å². The lowest BCUT2D eigenvalue weighted by Gasteiger charge is -2.29. The van der Waals surface area contributed by atoms with Crippen molar-refractivity contribution in [2.45, 2.75) is 42.7 Å². The van der Waals surface area contributed by atoms with Gasteiger partial charge in [0, 0.05) is 22.0 Å². The Kier molecular flexibility index (Phi) is 8.25. The zero-order valence-electron chi connectivity index (χ0n) is 16.1. The van der Waals surface area contributed by atoms with Crippen molar-refractivity contribution in [2.24, 2.45) is 0 Å². The van der Waals surface area contributed by atoms with E-state index in [0.717, 1.165) is 30.6 Å². The Hall–Kier alpha value is -2.18. The number of carbonyl (C=O) groups is 2. The summed E-state index contributed by atoms with van der Waals surface area (Å²) < 4.78 is 5.47. The molecule has 0 aliphatic heterocycles. The number of rotatable bonds is 8. The molecule has 0 spiro atoms. The first-order valence-electron chi connectivity index (χ1n) is 9.73. The monoisotopic (exact) mass is 432 g/mol. The Morgan fingerprint density at radius 1 is 0.897 bits per heavy atom. The summed E-state index contributed by atoms with van der Waals surface area (Å²) in [6, 6.07) is 17.1. The van der Waals surface area contributed by atoms with E-state index in [1.165, 1.54) is 0 Å². The molecule has 0 atom stereocenters. The summed E-state index contributed by atoms with van der Waals surface area (Å²) in [5, 5.41) is 6.75. The van der Waals surface area contributed by atoms with Gasteiger partial charge in [0.25, 0.3) is 5.91 Å². The molecular weight excluding hydrogens is 408 g/mol. The van der Waals surface area contributed by atoms with Gasteiger partial charge in [-0.25, -0.2) is 0 Å². The molecule has 0 bridgehead atoms. The summed E-state index contributed by atoms with van der Waals surface area (Å²) in [6.07, 6.45) is 3.43. The predicted octanol–water partition coefficient (Wildman–Crippen LogP) is 4.05. The molecule has 1 saturated carbocycles. The quantitative estimate of drug-likeness (QED) is 0.617. The van der Waals surface area contributed by atoms with E-state index in [1.807, 2.05) is 30.3 Å². The standard InChI is InChI=1S/C22H25ClN2O3S/c23-16-6-12-19(13-7-16)28-14-21(26)24-17-8-10-18(11-9-17)25-22(27)15-29-20-4-2-1-3-5-20/h1-7,12-13,17-18H,8-11,14-15H2,(H,24,26)(H,25,27). The number of amides is 2. The molecule has 3 rings (SSSR count). The second-order valence-corrected chi connectivity index (χ2v) is 8.51. The fourth-order valence-electron chi connectivity index (χ4n) is 3.27. The molecule has 2 N–H and O–H groups in total. The van der Waals surface area contributed by atoms with Crippen molar-refractivity contribution in [2.75, 3.05) is 12.4 Å². The molecule has 154 valence electrons. The minimum Gasteiger partial charge on any atom is -0.484 e. The maximum Gasteiger partial charge on any atom is 0.258 e. The Labute approximate surface area is 180 Å². The Bertz CT molecular complexity index is 793. The normalized spacial score (nSPS) is 18.7. The highest BCUT2D eigenvalue weighted by Gasteiger charge is 2.23. The van der Waals surface area contributed by atoms with E-state index in [2.05, 4.69) is 10.6 Å². The van der Waals surface area contributed by atoms with Crippen LogP contribution in [0, 0.1) is 0 Å². The molecule has 2 aromatic rings. The van der Waals surface area contributed by atoms with Gasteiger partial charge in [-0.3, -0.25) is 9.59 Å². The molecule has 1 aliphatic rings. The maximum absolute atomic E-state index is 12.2. The zero-order chi connectivity index (χ0) is 20.5. The van der Waals surface area contributed by atoms with Gasteiger partial charge >= 0.3 is 0 Å². The van der Waals surface area contributed by atoms with Gasteiger partial charge in [0.2, 0.25) is 5.91 Å². The molecular formula is C22H25ClN2O3S. The third kappa shape index (κ3) is 7.63. The van der Waals surface area contributed by atoms with Gasteiger partial charge in [-0.15, -0.1) is 11.8 Å². The molecule has 0 heterocycles. The fourth-order valence-corrected chi connectivity index (χ4v) is 4.12. The van der Waals surface area contributed by atoms with Crippen LogP contribution in [0.2, 0.25) is 5.02 Å². The van der Waals surface area contributed by atoms with E-state index in [4.69, 9.17) is 16.3 Å². The molecule has 0 saturated heterocycles. The largest absolute Gasteiger partial charge is 0.484 e. The smallest absolute Gasteiger partial charge is 0.258 e. The second-order valence-electron chi connectivity index (χ2n) is 7.03. The van der Waals surface area contributed by atoms with Crippen molar-refractivity contribution >= 4 is 35.2 Å². The van der Waals surface area contributed by atoms with Gasteiger partial charge in [-0.05, 0) is 62.1 Å². The van der Waals surface area contributed by atoms with Crippen molar-refractivity contribution in [3.8, 4) is 5.75 Å². The first kappa shape index (κ1) is 21.5. The van der Waals surface area contributed by atoms with E-state index in [1.54, 1.807) is 36.0 Å². The average molecular weight is 433 g/mol. The van der Waals surface area contributed by atoms with E-state index in [0.29, 0.717) is 16.5 Å². The van der Waals surface area contributed by atoms with Gasteiger partial charge in [0.05, 0.1) is 5.75 Å². The molecule has 7 heteroatoms. The predicted molar refractivity (Wildman–Crippen MR) is 116 cm³/mol. The number of halogens is 1. The van der Waals surface area contributed by atoms with Crippen LogP contribution < -0.4 is 15.4 Å². The van der Waals surface area contributed by atoms with E-state index < -0.39 is 0 Å². The van der Waals surface area contributed by atoms with Crippen LogP contribution in [0.1, 0.15) is 25.7 Å². The Morgan fingerprint density at radius 3 is 2.10 bits per heavy atom. The summed E-state index contributed by atoms with van der Waals surface area (Å²) in [6.45, 7) is -0.0188. The lowest BCUT2D eigenvalue weighted by molar-refractivity contribution is -0.124. The van der Waals surface area contributed by atoms with Crippen LogP contribution in [0.25, 0.3) is 0 Å². The average Bonchev–Trinajstić information content (AvgIpc) is 2.74. The van der Waals surface area contributed by atoms with Crippen LogP contribution in [-0.4, -0.2) is 36.3 Å². The minimum absolute atomic E-state index is 0.0188. The highest BCUT2D eigenvalue weighted by Crippen LogP contribution is 2.20. The van der Waals surface area contributed by atoms with Crippen molar-refractivity contribution in [3.63, 3.8) is 0 Å². The van der Waals surface area contributed by atoms with Gasteiger partial charge in [-0.2, -0.15) is 0 Å². The number of carbonyl (C=O) groups excluding carboxylic acids is 2. The summed E-state index contributed by atoms with van der Waals surface area (Å²) in [5.74, 6) is 0.960. The van der Waals surface area contributed by atoms with Gasteiger partial charge in [0.15, 0.2) is 6.61 Å². The number of benzene rings is 2. The zero-order valence-corrected chi connectivity index (χ0v) is 17.7. The molecule has 2 amide bonds. The SMILES string of the molecule is O=C(COc1ccc(Cl)cc1)NC1CCC(NC(=O)CSc2ccccc2)CC1. The van der Waals surface area contributed by atoms with E-state index >= 15 is 0 Å². The lowest BCUT2D eigenvalue weighted by atomic mass is 9.91. The second kappa shape index (κ2) is 11.1. The van der Waals surface area contributed by atoms with Gasteiger partial charge in [-0.1, -0.05) is 29.8 Å². The van der Waals surface area contributed by atoms with Gasteiger partial charge in [0.1, 0.15) is 5.75 Å². The lowest BCUT2D eigenvalue weighted by Crippen LogP contribution is -2.45. The molecule has 0 radical (unpaired) electrons. The van der Waals surface area contributed by atoms with Crippen LogP contribution >= 0.6 is 23.4 Å². The van der Waals surface area contributed by atoms with Gasteiger partial charge < -0.3 is 15.4 Å². The maximum atomic E-state index is 12.2. The first-order valence-corrected chi connectivity index (χ1v) is 11.1. The highest BCUT2D eigenvalue weighted by molar-refractivity contribution is 8.00. The number of hydrogen-bond acceptors (Lipinski definition) is 4. The van der Waals surface area contributed by atoms with Crippen molar-refractivity contribution in [1.29, 1.82) is 0 Å².